The maximum Gasteiger partial charge on any atom is 0.410 e. The second-order valence-electron chi connectivity index (χ2n) is 8.62. The molecule has 1 fully saturated rings. The maximum absolute atomic E-state index is 12.3. The first kappa shape index (κ1) is 21.8. The number of carbonyl (C=O) groups excluding carboxylic acids is 2. The van der Waals surface area contributed by atoms with E-state index >= 15 is 0 Å². The van der Waals surface area contributed by atoms with Crippen LogP contribution >= 0.6 is 0 Å². The molecule has 0 aliphatic carbocycles. The molecule has 0 bridgehead atoms. The van der Waals surface area contributed by atoms with E-state index in [0.717, 1.165) is 29.7 Å². The highest BCUT2D eigenvalue weighted by atomic mass is 16.6. The zero-order valence-corrected chi connectivity index (χ0v) is 18.3. The van der Waals surface area contributed by atoms with Crippen molar-refractivity contribution in [2.45, 2.75) is 58.6 Å². The molecule has 1 amide bonds. The van der Waals surface area contributed by atoms with Crippen molar-refractivity contribution in [3.05, 3.63) is 47.0 Å². The lowest BCUT2D eigenvalue weighted by Gasteiger charge is -2.34. The first-order valence-corrected chi connectivity index (χ1v) is 10.2. The molecule has 1 aliphatic heterocycles. The summed E-state index contributed by atoms with van der Waals surface area (Å²) in [5.74, 6) is -0.373. The van der Waals surface area contributed by atoms with Gasteiger partial charge < -0.3 is 14.4 Å². The standard InChI is InChI=1S/C22H30N4O4/c1-15-13-24-26(17-7-10-25(11-8-17)21(28)30-22(2,3)4)19(15)12-16-14-23-9-6-18(16)20(27)29-5/h6,9,13-14,17H,7-8,10-12H2,1-5H3. The first-order chi connectivity index (χ1) is 14.2. The van der Waals surface area contributed by atoms with Crippen LogP contribution in [-0.4, -0.2) is 57.5 Å². The normalized spacial score (nSPS) is 15.2. The molecule has 0 unspecified atom stereocenters. The number of amides is 1. The highest BCUT2D eigenvalue weighted by Gasteiger charge is 2.29. The van der Waals surface area contributed by atoms with Gasteiger partial charge in [0.2, 0.25) is 0 Å². The Morgan fingerprint density at radius 2 is 1.90 bits per heavy atom. The number of pyridine rings is 1. The van der Waals surface area contributed by atoms with Gasteiger partial charge >= 0.3 is 12.1 Å². The number of esters is 1. The predicted octanol–water partition coefficient (Wildman–Crippen LogP) is 3.54. The van der Waals surface area contributed by atoms with Crippen molar-refractivity contribution in [3.8, 4) is 0 Å². The Hall–Kier alpha value is -2.90. The van der Waals surface area contributed by atoms with E-state index in [-0.39, 0.29) is 18.1 Å². The summed E-state index contributed by atoms with van der Waals surface area (Å²) in [6, 6.07) is 1.86. The van der Waals surface area contributed by atoms with E-state index in [2.05, 4.69) is 10.1 Å². The maximum atomic E-state index is 12.3. The van der Waals surface area contributed by atoms with Gasteiger partial charge in [-0.3, -0.25) is 9.67 Å². The van der Waals surface area contributed by atoms with Crippen molar-refractivity contribution < 1.29 is 19.1 Å². The van der Waals surface area contributed by atoms with E-state index in [1.54, 1.807) is 23.4 Å². The minimum Gasteiger partial charge on any atom is -0.465 e. The zero-order valence-electron chi connectivity index (χ0n) is 18.3. The molecule has 0 aromatic carbocycles. The summed E-state index contributed by atoms with van der Waals surface area (Å²) in [7, 11) is 1.38. The summed E-state index contributed by atoms with van der Waals surface area (Å²) < 4.78 is 12.4. The van der Waals surface area contributed by atoms with Crippen LogP contribution in [0.15, 0.2) is 24.7 Å². The van der Waals surface area contributed by atoms with Gasteiger partial charge in [-0.05, 0) is 57.7 Å². The third-order valence-corrected chi connectivity index (χ3v) is 5.24. The second kappa shape index (κ2) is 8.85. The molecule has 3 rings (SSSR count). The Balaban J connectivity index is 1.74. The van der Waals surface area contributed by atoms with Crippen LogP contribution in [0, 0.1) is 6.92 Å². The quantitative estimate of drug-likeness (QED) is 0.712. The third kappa shape index (κ3) is 4.98. The van der Waals surface area contributed by atoms with Gasteiger partial charge in [0.25, 0.3) is 0 Å². The largest absolute Gasteiger partial charge is 0.465 e. The van der Waals surface area contributed by atoms with Gasteiger partial charge in [-0.1, -0.05) is 0 Å². The lowest BCUT2D eigenvalue weighted by molar-refractivity contribution is 0.0184. The average molecular weight is 415 g/mol. The Morgan fingerprint density at radius 3 is 2.53 bits per heavy atom. The van der Waals surface area contributed by atoms with E-state index in [4.69, 9.17) is 9.47 Å². The molecule has 1 saturated heterocycles. The van der Waals surface area contributed by atoms with E-state index < -0.39 is 5.60 Å². The molecule has 30 heavy (non-hydrogen) atoms. The average Bonchev–Trinajstić information content (AvgIpc) is 3.07. The Bertz CT molecular complexity index is 908. The van der Waals surface area contributed by atoms with Crippen molar-refractivity contribution in [3.63, 3.8) is 0 Å². The number of rotatable bonds is 4. The van der Waals surface area contributed by atoms with E-state index in [1.165, 1.54) is 7.11 Å². The molecule has 8 heteroatoms. The summed E-state index contributed by atoms with van der Waals surface area (Å²) in [5.41, 5.74) is 2.93. The highest BCUT2D eigenvalue weighted by molar-refractivity contribution is 5.90. The van der Waals surface area contributed by atoms with Crippen LogP contribution in [0.5, 0.6) is 0 Å². The SMILES string of the molecule is COC(=O)c1ccncc1Cc1c(C)cnn1C1CCN(C(=O)OC(C)(C)C)CC1. The topological polar surface area (TPSA) is 86.5 Å². The van der Waals surface area contributed by atoms with Crippen LogP contribution in [0.3, 0.4) is 0 Å². The molecule has 0 atom stereocenters. The molecule has 2 aromatic heterocycles. The minimum absolute atomic E-state index is 0.186. The number of methoxy groups -OCH3 is 1. The van der Waals surface area contributed by atoms with Crippen LogP contribution in [0.1, 0.15) is 66.8 Å². The summed E-state index contributed by atoms with van der Waals surface area (Å²) in [6.07, 6.45) is 7.01. The number of ether oxygens (including phenoxy) is 2. The lowest BCUT2D eigenvalue weighted by atomic mass is 10.0. The van der Waals surface area contributed by atoms with Crippen molar-refractivity contribution >= 4 is 12.1 Å². The Morgan fingerprint density at radius 1 is 1.20 bits per heavy atom. The van der Waals surface area contributed by atoms with Gasteiger partial charge in [0.15, 0.2) is 0 Å². The van der Waals surface area contributed by atoms with Crippen LogP contribution in [0.4, 0.5) is 4.79 Å². The Kier molecular flexibility index (Phi) is 6.43. The summed E-state index contributed by atoms with van der Waals surface area (Å²) in [6.45, 7) is 8.88. The molecular formula is C22H30N4O4. The monoisotopic (exact) mass is 414 g/mol. The molecule has 162 valence electrons. The lowest BCUT2D eigenvalue weighted by Crippen LogP contribution is -2.42. The number of carbonyl (C=O) groups is 2. The second-order valence-corrected chi connectivity index (χ2v) is 8.62. The van der Waals surface area contributed by atoms with Gasteiger partial charge in [0.1, 0.15) is 5.60 Å². The van der Waals surface area contributed by atoms with Crippen molar-refractivity contribution in [1.29, 1.82) is 0 Å². The van der Waals surface area contributed by atoms with E-state index in [9.17, 15) is 9.59 Å². The molecule has 0 spiro atoms. The van der Waals surface area contributed by atoms with Crippen molar-refractivity contribution in [2.24, 2.45) is 0 Å². The van der Waals surface area contributed by atoms with E-state index in [0.29, 0.717) is 25.1 Å². The summed E-state index contributed by atoms with van der Waals surface area (Å²) in [4.78, 5) is 30.4. The van der Waals surface area contributed by atoms with Crippen LogP contribution in [0.2, 0.25) is 0 Å². The third-order valence-electron chi connectivity index (χ3n) is 5.24. The molecule has 0 radical (unpaired) electrons. The number of likely N-dealkylation sites (tertiary alicyclic amines) is 1. The van der Waals surface area contributed by atoms with Crippen LogP contribution in [0.25, 0.3) is 0 Å². The fourth-order valence-corrected chi connectivity index (χ4v) is 3.69. The molecule has 3 heterocycles. The van der Waals surface area contributed by atoms with Gasteiger partial charge in [0.05, 0.1) is 24.9 Å². The number of nitrogens with zero attached hydrogens (tertiary/aromatic N) is 4. The van der Waals surface area contributed by atoms with Gasteiger partial charge in [-0.15, -0.1) is 0 Å². The smallest absolute Gasteiger partial charge is 0.410 e. The number of hydrogen-bond acceptors (Lipinski definition) is 6. The minimum atomic E-state index is -0.499. The number of piperidine rings is 1. The van der Waals surface area contributed by atoms with Crippen LogP contribution in [-0.2, 0) is 15.9 Å². The molecule has 8 nitrogen and oxygen atoms in total. The zero-order chi connectivity index (χ0) is 21.9. The van der Waals surface area contributed by atoms with E-state index in [1.807, 2.05) is 38.6 Å². The van der Waals surface area contributed by atoms with Crippen LogP contribution < -0.4 is 0 Å². The fraction of sp³-hybridized carbons (Fsp3) is 0.545. The number of hydrogen-bond donors (Lipinski definition) is 0. The van der Waals surface area contributed by atoms with Gasteiger partial charge in [-0.2, -0.15) is 5.10 Å². The number of aryl methyl sites for hydroxylation is 1. The Labute approximate surface area is 177 Å². The summed E-state index contributed by atoms with van der Waals surface area (Å²) >= 11 is 0. The number of aromatic nitrogens is 3. The van der Waals surface area contributed by atoms with Crippen molar-refractivity contribution in [2.75, 3.05) is 20.2 Å². The predicted molar refractivity (Wildman–Crippen MR) is 111 cm³/mol. The van der Waals surface area contributed by atoms with Gasteiger partial charge in [0, 0.05) is 37.6 Å². The highest BCUT2D eigenvalue weighted by Crippen LogP contribution is 2.27. The molecule has 2 aromatic rings. The molecule has 1 aliphatic rings. The van der Waals surface area contributed by atoms with Gasteiger partial charge in [-0.25, -0.2) is 9.59 Å². The van der Waals surface area contributed by atoms with Crippen molar-refractivity contribution in [1.82, 2.24) is 19.7 Å². The molecule has 0 N–H and O–H groups in total. The first-order valence-electron chi connectivity index (χ1n) is 10.2. The molecule has 0 saturated carbocycles. The molecular weight excluding hydrogens is 384 g/mol. The summed E-state index contributed by atoms with van der Waals surface area (Å²) in [5, 5.41) is 4.60. The fourth-order valence-electron chi connectivity index (χ4n) is 3.69.